The molecular formula is C26H34N2O4. The van der Waals surface area contributed by atoms with Gasteiger partial charge in [0, 0.05) is 27.2 Å². The van der Waals surface area contributed by atoms with Gasteiger partial charge in [-0.25, -0.2) is 0 Å². The minimum Gasteiger partial charge on any atom is -0.491 e. The first-order valence-corrected chi connectivity index (χ1v) is 11.4. The zero-order valence-corrected chi connectivity index (χ0v) is 19.2. The van der Waals surface area contributed by atoms with Crippen molar-refractivity contribution >= 4 is 11.8 Å². The topological polar surface area (TPSA) is 59.1 Å². The number of para-hydroxylation sites is 1. The molecule has 6 heteroatoms. The number of nitrogens with zero attached hydrogens (tertiary/aromatic N) is 2. The lowest BCUT2D eigenvalue weighted by molar-refractivity contribution is -0.135. The molecule has 172 valence electrons. The van der Waals surface area contributed by atoms with Gasteiger partial charge in [0.1, 0.15) is 12.4 Å². The zero-order chi connectivity index (χ0) is 22.8. The summed E-state index contributed by atoms with van der Waals surface area (Å²) in [6, 6.07) is 17.4. The second kappa shape index (κ2) is 12.2. The average Bonchev–Trinajstić information content (AvgIpc) is 2.83. The van der Waals surface area contributed by atoms with Gasteiger partial charge in [0.15, 0.2) is 0 Å². The number of benzene rings is 2. The van der Waals surface area contributed by atoms with E-state index in [9.17, 15) is 9.59 Å². The van der Waals surface area contributed by atoms with Crippen molar-refractivity contribution in [2.24, 2.45) is 0 Å². The first kappa shape index (κ1) is 23.8. The molecular weight excluding hydrogens is 404 g/mol. The second-order valence-electron chi connectivity index (χ2n) is 8.27. The van der Waals surface area contributed by atoms with E-state index in [1.807, 2.05) is 54.4 Å². The first-order valence-electron chi connectivity index (χ1n) is 11.4. The Morgan fingerprint density at radius 2 is 1.75 bits per heavy atom. The lowest BCUT2D eigenvalue weighted by atomic mass is 10.0. The number of methoxy groups -OCH3 is 1. The summed E-state index contributed by atoms with van der Waals surface area (Å²) in [6.07, 6.45) is 3.77. The fourth-order valence-electron chi connectivity index (χ4n) is 4.06. The Morgan fingerprint density at radius 1 is 1.03 bits per heavy atom. The Morgan fingerprint density at radius 3 is 2.53 bits per heavy atom. The summed E-state index contributed by atoms with van der Waals surface area (Å²) in [5.74, 6) is 0.603. The zero-order valence-electron chi connectivity index (χ0n) is 19.2. The van der Waals surface area contributed by atoms with Crippen LogP contribution in [0.4, 0.5) is 0 Å². The Bertz CT molecular complexity index is 871. The molecule has 0 aromatic heterocycles. The van der Waals surface area contributed by atoms with Gasteiger partial charge in [-0.3, -0.25) is 9.59 Å². The molecule has 1 heterocycles. The summed E-state index contributed by atoms with van der Waals surface area (Å²) in [6.45, 7) is 2.07. The highest BCUT2D eigenvalue weighted by atomic mass is 16.5. The maximum absolute atomic E-state index is 13.1. The van der Waals surface area contributed by atoms with Crippen molar-refractivity contribution in [1.82, 2.24) is 9.80 Å². The molecule has 2 aromatic carbocycles. The summed E-state index contributed by atoms with van der Waals surface area (Å²) in [7, 11) is 3.44. The van der Waals surface area contributed by atoms with Crippen LogP contribution in [0.1, 0.15) is 41.6 Å². The predicted molar refractivity (Wildman–Crippen MR) is 125 cm³/mol. The van der Waals surface area contributed by atoms with Gasteiger partial charge in [0.25, 0.3) is 5.91 Å². The Kier molecular flexibility index (Phi) is 9.11. The monoisotopic (exact) mass is 438 g/mol. The van der Waals surface area contributed by atoms with Gasteiger partial charge in [0.2, 0.25) is 5.91 Å². The van der Waals surface area contributed by atoms with Crippen LogP contribution in [0.25, 0.3) is 0 Å². The van der Waals surface area contributed by atoms with Crippen LogP contribution in [0.2, 0.25) is 0 Å². The van der Waals surface area contributed by atoms with Gasteiger partial charge in [-0.2, -0.15) is 0 Å². The molecule has 0 radical (unpaired) electrons. The van der Waals surface area contributed by atoms with Crippen LogP contribution in [0.5, 0.6) is 5.75 Å². The van der Waals surface area contributed by atoms with Crippen LogP contribution < -0.4 is 4.74 Å². The molecule has 32 heavy (non-hydrogen) atoms. The van der Waals surface area contributed by atoms with Gasteiger partial charge in [0.05, 0.1) is 24.6 Å². The first-order chi connectivity index (χ1) is 15.6. The highest BCUT2D eigenvalue weighted by Crippen LogP contribution is 2.22. The maximum atomic E-state index is 13.1. The van der Waals surface area contributed by atoms with Crippen molar-refractivity contribution in [2.75, 3.05) is 40.5 Å². The van der Waals surface area contributed by atoms with E-state index in [4.69, 9.17) is 9.47 Å². The number of hydrogen-bond donors (Lipinski definition) is 0. The van der Waals surface area contributed by atoms with Crippen LogP contribution in [0.15, 0.2) is 54.6 Å². The Balaban J connectivity index is 1.90. The lowest BCUT2D eigenvalue weighted by Crippen LogP contribution is -2.46. The van der Waals surface area contributed by atoms with Crippen LogP contribution >= 0.6 is 0 Å². The van der Waals surface area contributed by atoms with E-state index in [0.29, 0.717) is 50.5 Å². The number of hydrogen-bond acceptors (Lipinski definition) is 4. The molecule has 0 saturated heterocycles. The smallest absolute Gasteiger partial charge is 0.257 e. The average molecular weight is 439 g/mol. The molecule has 0 bridgehead atoms. The van der Waals surface area contributed by atoms with E-state index in [2.05, 4.69) is 12.1 Å². The van der Waals surface area contributed by atoms with Crippen molar-refractivity contribution in [1.29, 1.82) is 0 Å². The third-order valence-corrected chi connectivity index (χ3v) is 5.88. The van der Waals surface area contributed by atoms with E-state index < -0.39 is 0 Å². The standard InChI is InChI=1S/C26H34N2O4/c1-27-16-9-4-10-17-28(25(29)15-18-31-2)22(19-21-11-5-3-6-12-21)20-32-24-14-8-7-13-23(24)26(27)30/h3,5-8,11-14,22H,4,9-10,15-20H2,1-2H3/t22-/m0/s1. The van der Waals surface area contributed by atoms with E-state index in [-0.39, 0.29) is 17.9 Å². The molecule has 2 amide bonds. The van der Waals surface area contributed by atoms with Crippen LogP contribution in [-0.4, -0.2) is 68.1 Å². The number of carbonyl (C=O) groups excluding carboxylic acids is 2. The predicted octanol–water partition coefficient (Wildman–Crippen LogP) is 3.80. The Labute approximate surface area is 191 Å². The van der Waals surface area contributed by atoms with E-state index >= 15 is 0 Å². The summed E-state index contributed by atoms with van der Waals surface area (Å²) < 4.78 is 11.4. The maximum Gasteiger partial charge on any atom is 0.257 e. The largest absolute Gasteiger partial charge is 0.491 e. The van der Waals surface area contributed by atoms with Crippen LogP contribution in [0.3, 0.4) is 0 Å². The fourth-order valence-corrected chi connectivity index (χ4v) is 4.06. The van der Waals surface area contributed by atoms with Gasteiger partial charge in [-0.05, 0) is 43.4 Å². The molecule has 0 saturated carbocycles. The van der Waals surface area contributed by atoms with Gasteiger partial charge in [-0.1, -0.05) is 42.5 Å². The van der Waals surface area contributed by atoms with Gasteiger partial charge >= 0.3 is 0 Å². The number of fused-ring (bicyclic) bond motifs is 1. The molecule has 0 unspecified atom stereocenters. The van der Waals surface area contributed by atoms with Crippen molar-refractivity contribution in [2.45, 2.75) is 38.1 Å². The number of ether oxygens (including phenoxy) is 2. The number of rotatable bonds is 5. The fraction of sp³-hybridized carbons (Fsp3) is 0.462. The lowest BCUT2D eigenvalue weighted by Gasteiger charge is -2.32. The quantitative estimate of drug-likeness (QED) is 0.713. The highest BCUT2D eigenvalue weighted by molar-refractivity contribution is 5.96. The van der Waals surface area contributed by atoms with Gasteiger partial charge < -0.3 is 19.3 Å². The van der Waals surface area contributed by atoms with Crippen molar-refractivity contribution in [3.63, 3.8) is 0 Å². The second-order valence-corrected chi connectivity index (χ2v) is 8.27. The molecule has 3 rings (SSSR count). The molecule has 0 fully saturated rings. The van der Waals surface area contributed by atoms with Gasteiger partial charge in [-0.15, -0.1) is 0 Å². The molecule has 2 aromatic rings. The third-order valence-electron chi connectivity index (χ3n) is 5.88. The summed E-state index contributed by atoms with van der Waals surface area (Å²) in [4.78, 5) is 29.8. The number of amides is 2. The SMILES string of the molecule is COCCC(=O)N1CCCCCN(C)C(=O)c2ccccc2OC[C@@H]1Cc1ccccc1. The van der Waals surface area contributed by atoms with Crippen molar-refractivity contribution < 1.29 is 19.1 Å². The van der Waals surface area contributed by atoms with Crippen molar-refractivity contribution in [3.8, 4) is 5.75 Å². The minimum absolute atomic E-state index is 0.0347. The molecule has 0 aliphatic carbocycles. The molecule has 1 aliphatic rings. The summed E-state index contributed by atoms with van der Waals surface area (Å²) in [5.41, 5.74) is 1.71. The Hall–Kier alpha value is -2.86. The van der Waals surface area contributed by atoms with Crippen molar-refractivity contribution in [3.05, 3.63) is 65.7 Å². The molecule has 1 atom stereocenters. The minimum atomic E-state index is -0.136. The van der Waals surface area contributed by atoms with E-state index in [0.717, 1.165) is 24.8 Å². The normalized spacial score (nSPS) is 18.1. The molecule has 0 N–H and O–H groups in total. The molecule has 0 spiro atoms. The van der Waals surface area contributed by atoms with Crippen LogP contribution in [0, 0.1) is 0 Å². The van der Waals surface area contributed by atoms with Crippen LogP contribution in [-0.2, 0) is 16.0 Å². The highest BCUT2D eigenvalue weighted by Gasteiger charge is 2.26. The summed E-state index contributed by atoms with van der Waals surface area (Å²) >= 11 is 0. The van der Waals surface area contributed by atoms with E-state index in [1.54, 1.807) is 12.0 Å². The third kappa shape index (κ3) is 6.57. The molecule has 1 aliphatic heterocycles. The molecule has 6 nitrogen and oxygen atoms in total. The summed E-state index contributed by atoms with van der Waals surface area (Å²) in [5, 5.41) is 0. The van der Waals surface area contributed by atoms with E-state index in [1.165, 1.54) is 0 Å². The number of carbonyl (C=O) groups is 2.